The van der Waals surface area contributed by atoms with Gasteiger partial charge in [-0.15, -0.1) is 0 Å². The summed E-state index contributed by atoms with van der Waals surface area (Å²) in [6, 6.07) is 6.06. The van der Waals surface area contributed by atoms with E-state index >= 15 is 0 Å². The van der Waals surface area contributed by atoms with Crippen LogP contribution in [-0.2, 0) is 0 Å². The Morgan fingerprint density at radius 2 is 1.75 bits per heavy atom. The molecule has 1 unspecified atom stereocenters. The third-order valence-electron chi connectivity index (χ3n) is 2.59. The summed E-state index contributed by atoms with van der Waals surface area (Å²) in [5, 5.41) is 20.8. The van der Waals surface area contributed by atoms with E-state index in [0.717, 1.165) is 5.56 Å². The number of aliphatic hydroxyl groups is 2. The first-order valence-electron chi connectivity index (χ1n) is 5.38. The largest absolute Gasteiger partial charge is 0.395 e. The summed E-state index contributed by atoms with van der Waals surface area (Å²) in [6.07, 6.45) is 0. The summed E-state index contributed by atoms with van der Waals surface area (Å²) in [6.45, 7) is 2.46. The average molecular weight is 227 g/mol. The maximum absolute atomic E-state index is 12.7. The van der Waals surface area contributed by atoms with Crippen LogP contribution in [0.5, 0.6) is 0 Å². The van der Waals surface area contributed by atoms with Crippen molar-refractivity contribution in [3.8, 4) is 0 Å². The Morgan fingerprint density at radius 1 is 1.19 bits per heavy atom. The molecule has 0 aliphatic carbocycles. The number of benzene rings is 1. The lowest BCUT2D eigenvalue weighted by Crippen LogP contribution is -2.37. The van der Waals surface area contributed by atoms with E-state index < -0.39 is 0 Å². The molecule has 1 aromatic rings. The zero-order chi connectivity index (χ0) is 12.0. The van der Waals surface area contributed by atoms with Crippen molar-refractivity contribution in [1.29, 1.82) is 0 Å². The molecule has 0 saturated carbocycles. The Hall–Kier alpha value is -0.970. The zero-order valence-electron chi connectivity index (χ0n) is 9.36. The van der Waals surface area contributed by atoms with Crippen LogP contribution in [0.4, 0.5) is 4.39 Å². The normalized spacial score (nSPS) is 13.1. The van der Waals surface area contributed by atoms with Crippen LogP contribution in [0.1, 0.15) is 18.4 Å². The highest BCUT2D eigenvalue weighted by atomic mass is 19.1. The van der Waals surface area contributed by atoms with Crippen LogP contribution in [-0.4, -0.2) is 36.0 Å². The minimum absolute atomic E-state index is 0.0906. The summed E-state index contributed by atoms with van der Waals surface area (Å²) in [5.74, 6) is -0.0336. The fraction of sp³-hybridized carbons (Fsp3) is 0.500. The van der Waals surface area contributed by atoms with Crippen molar-refractivity contribution < 1.29 is 14.6 Å². The van der Waals surface area contributed by atoms with Gasteiger partial charge in [-0.1, -0.05) is 19.1 Å². The second kappa shape index (κ2) is 6.58. The van der Waals surface area contributed by atoms with Crippen molar-refractivity contribution in [3.05, 3.63) is 35.6 Å². The quantitative estimate of drug-likeness (QED) is 0.676. The van der Waals surface area contributed by atoms with Crippen molar-refractivity contribution in [2.75, 3.05) is 19.8 Å². The number of hydrogen-bond donors (Lipinski definition) is 3. The van der Waals surface area contributed by atoms with Gasteiger partial charge in [-0.05, 0) is 23.6 Å². The Kier molecular flexibility index (Phi) is 5.38. The first-order chi connectivity index (χ1) is 7.67. The number of rotatable bonds is 6. The number of halogens is 1. The van der Waals surface area contributed by atoms with Gasteiger partial charge >= 0.3 is 0 Å². The van der Waals surface area contributed by atoms with Crippen molar-refractivity contribution >= 4 is 0 Å². The highest BCUT2D eigenvalue weighted by molar-refractivity contribution is 5.20. The molecule has 0 amide bonds. The third kappa shape index (κ3) is 3.89. The van der Waals surface area contributed by atoms with Gasteiger partial charge in [0.1, 0.15) is 5.82 Å². The minimum Gasteiger partial charge on any atom is -0.395 e. The first-order valence-corrected chi connectivity index (χ1v) is 5.38. The zero-order valence-corrected chi connectivity index (χ0v) is 9.36. The van der Waals surface area contributed by atoms with Gasteiger partial charge < -0.3 is 15.5 Å². The molecule has 0 aliphatic heterocycles. The van der Waals surface area contributed by atoms with Gasteiger partial charge in [0.2, 0.25) is 0 Å². The Balaban J connectivity index is 2.46. The lowest BCUT2D eigenvalue weighted by molar-refractivity contribution is 0.170. The van der Waals surface area contributed by atoms with E-state index in [-0.39, 0.29) is 31.0 Å². The van der Waals surface area contributed by atoms with Crippen molar-refractivity contribution in [2.24, 2.45) is 0 Å². The Morgan fingerprint density at radius 3 is 2.25 bits per heavy atom. The van der Waals surface area contributed by atoms with E-state index in [1.54, 1.807) is 12.1 Å². The highest BCUT2D eigenvalue weighted by Crippen LogP contribution is 2.14. The summed E-state index contributed by atoms with van der Waals surface area (Å²) in [4.78, 5) is 0. The van der Waals surface area contributed by atoms with E-state index in [2.05, 4.69) is 5.32 Å². The summed E-state index contributed by atoms with van der Waals surface area (Å²) >= 11 is 0. The Labute approximate surface area is 94.9 Å². The predicted molar refractivity (Wildman–Crippen MR) is 60.8 cm³/mol. The molecule has 1 rings (SSSR count). The maximum Gasteiger partial charge on any atom is 0.123 e. The topological polar surface area (TPSA) is 52.5 Å². The summed E-state index contributed by atoms with van der Waals surface area (Å²) in [5.41, 5.74) is 1.03. The van der Waals surface area contributed by atoms with Crippen LogP contribution in [0, 0.1) is 5.82 Å². The van der Waals surface area contributed by atoms with Crippen LogP contribution < -0.4 is 5.32 Å². The predicted octanol–water partition coefficient (Wildman–Crippen LogP) is 0.872. The molecule has 0 bridgehead atoms. The van der Waals surface area contributed by atoms with Crippen molar-refractivity contribution in [1.82, 2.24) is 5.32 Å². The third-order valence-corrected chi connectivity index (χ3v) is 2.59. The second-order valence-corrected chi connectivity index (χ2v) is 3.92. The van der Waals surface area contributed by atoms with E-state index in [1.165, 1.54) is 12.1 Å². The second-order valence-electron chi connectivity index (χ2n) is 3.92. The molecule has 4 heteroatoms. The molecule has 0 aromatic heterocycles. The van der Waals surface area contributed by atoms with Crippen molar-refractivity contribution in [2.45, 2.75) is 18.9 Å². The van der Waals surface area contributed by atoms with Crippen LogP contribution in [0.15, 0.2) is 24.3 Å². The monoisotopic (exact) mass is 227 g/mol. The smallest absolute Gasteiger partial charge is 0.123 e. The molecule has 1 aromatic carbocycles. The fourth-order valence-electron chi connectivity index (χ4n) is 1.44. The molecular formula is C12H18FNO2. The number of hydrogen-bond acceptors (Lipinski definition) is 3. The molecule has 0 saturated heterocycles. The maximum atomic E-state index is 12.7. The molecule has 0 aliphatic rings. The molecule has 16 heavy (non-hydrogen) atoms. The summed E-state index contributed by atoms with van der Waals surface area (Å²) < 4.78 is 12.7. The minimum atomic E-state index is -0.289. The molecule has 0 radical (unpaired) electrons. The Bertz CT molecular complexity index is 298. The molecule has 3 nitrogen and oxygen atoms in total. The molecule has 3 N–H and O–H groups in total. The van der Waals surface area contributed by atoms with E-state index in [1.807, 2.05) is 6.92 Å². The van der Waals surface area contributed by atoms with Gasteiger partial charge in [-0.25, -0.2) is 4.39 Å². The average Bonchev–Trinajstić information content (AvgIpc) is 2.31. The first kappa shape index (κ1) is 13.1. The lowest BCUT2D eigenvalue weighted by atomic mass is 10.0. The lowest BCUT2D eigenvalue weighted by Gasteiger charge is -2.17. The van der Waals surface area contributed by atoms with Gasteiger partial charge in [-0.3, -0.25) is 0 Å². The van der Waals surface area contributed by atoms with Gasteiger partial charge in [-0.2, -0.15) is 0 Å². The van der Waals surface area contributed by atoms with E-state index in [9.17, 15) is 4.39 Å². The van der Waals surface area contributed by atoms with Crippen LogP contribution >= 0.6 is 0 Å². The van der Waals surface area contributed by atoms with Crippen LogP contribution in [0.3, 0.4) is 0 Å². The molecule has 0 spiro atoms. The van der Waals surface area contributed by atoms with Gasteiger partial charge in [0.05, 0.1) is 19.3 Å². The number of nitrogens with one attached hydrogen (secondary N) is 1. The molecule has 0 fully saturated rings. The van der Waals surface area contributed by atoms with Crippen LogP contribution in [0.2, 0.25) is 0 Å². The molecule has 0 heterocycles. The van der Waals surface area contributed by atoms with Gasteiger partial charge in [0.25, 0.3) is 0 Å². The highest BCUT2D eigenvalue weighted by Gasteiger charge is 2.09. The molecular weight excluding hydrogens is 209 g/mol. The number of aliphatic hydroxyl groups excluding tert-OH is 2. The molecule has 90 valence electrons. The summed E-state index contributed by atoms with van der Waals surface area (Å²) in [7, 11) is 0. The van der Waals surface area contributed by atoms with Gasteiger partial charge in [0, 0.05) is 6.54 Å². The SMILES string of the molecule is CC(CNC(CO)CO)c1ccc(F)cc1. The van der Waals surface area contributed by atoms with E-state index in [4.69, 9.17) is 10.2 Å². The van der Waals surface area contributed by atoms with Gasteiger partial charge in [0.15, 0.2) is 0 Å². The standard InChI is InChI=1S/C12H18FNO2/c1-9(6-14-12(7-15)8-16)10-2-4-11(13)5-3-10/h2-5,9,12,14-16H,6-8H2,1H3. The molecule has 1 atom stereocenters. The van der Waals surface area contributed by atoms with E-state index in [0.29, 0.717) is 6.54 Å². The van der Waals surface area contributed by atoms with Crippen molar-refractivity contribution in [3.63, 3.8) is 0 Å². The van der Waals surface area contributed by atoms with Crippen LogP contribution in [0.25, 0.3) is 0 Å². The fourth-order valence-corrected chi connectivity index (χ4v) is 1.44.